The van der Waals surface area contributed by atoms with Gasteiger partial charge in [0.1, 0.15) is 18.6 Å². The molecule has 0 saturated carbocycles. The Morgan fingerprint density at radius 3 is 1.93 bits per heavy atom. The monoisotopic (exact) mass is 450 g/mol. The lowest BCUT2D eigenvalue weighted by Crippen LogP contribution is -2.56. The van der Waals surface area contributed by atoms with E-state index in [1.165, 1.54) is 11.8 Å². The van der Waals surface area contributed by atoms with Crippen LogP contribution in [-0.2, 0) is 28.8 Å². The lowest BCUT2D eigenvalue weighted by molar-refractivity contribution is -0.142. The van der Waals surface area contributed by atoms with Gasteiger partial charge in [-0.05, 0) is 24.9 Å². The molecule has 170 valence electrons. The van der Waals surface area contributed by atoms with Crippen molar-refractivity contribution in [1.29, 1.82) is 0 Å². The molecule has 0 spiro atoms. The quantitative estimate of drug-likeness (QED) is 0.139. The molecule has 13 nitrogen and oxygen atoms in total. The number of aliphatic carboxylic acids is 3. The van der Waals surface area contributed by atoms with E-state index in [0.717, 1.165) is 0 Å². The van der Waals surface area contributed by atoms with E-state index in [1.54, 1.807) is 6.26 Å². The van der Waals surface area contributed by atoms with Gasteiger partial charge in [0.05, 0.1) is 12.5 Å². The summed E-state index contributed by atoms with van der Waals surface area (Å²) in [6.45, 7) is -0.766. The van der Waals surface area contributed by atoms with Crippen molar-refractivity contribution in [2.75, 3.05) is 18.6 Å². The average Bonchev–Trinajstić information content (AvgIpc) is 2.65. The van der Waals surface area contributed by atoms with Crippen molar-refractivity contribution in [2.45, 2.75) is 43.8 Å². The molecule has 0 aromatic carbocycles. The minimum atomic E-state index is -1.57. The average molecular weight is 450 g/mol. The van der Waals surface area contributed by atoms with Gasteiger partial charge in [-0.3, -0.25) is 28.8 Å². The van der Waals surface area contributed by atoms with Gasteiger partial charge in [-0.1, -0.05) is 0 Å². The number of carboxylic acid groups (broad SMARTS) is 3. The van der Waals surface area contributed by atoms with Crippen molar-refractivity contribution in [1.82, 2.24) is 16.0 Å². The van der Waals surface area contributed by atoms with Crippen LogP contribution >= 0.6 is 11.8 Å². The first kappa shape index (κ1) is 27.1. The summed E-state index contributed by atoms with van der Waals surface area (Å²) >= 11 is 1.44. The number of amides is 3. The number of nitrogens with two attached hydrogens (primary N) is 1. The van der Waals surface area contributed by atoms with E-state index in [1.807, 2.05) is 5.32 Å². The fraction of sp³-hybridized carbons (Fsp3) is 0.625. The summed E-state index contributed by atoms with van der Waals surface area (Å²) in [5.41, 5.74) is 5.69. The molecular formula is C16H26N4O9S. The maximum atomic E-state index is 12.5. The molecule has 0 aromatic rings. The number of carbonyl (C=O) groups is 6. The van der Waals surface area contributed by atoms with Gasteiger partial charge in [0.25, 0.3) is 0 Å². The van der Waals surface area contributed by atoms with Crippen molar-refractivity contribution in [2.24, 2.45) is 5.73 Å². The minimum Gasteiger partial charge on any atom is -0.481 e. The van der Waals surface area contributed by atoms with Crippen LogP contribution in [-0.4, -0.2) is 87.6 Å². The molecule has 0 aliphatic carbocycles. The zero-order chi connectivity index (χ0) is 23.3. The minimum absolute atomic E-state index is 0.285. The van der Waals surface area contributed by atoms with Gasteiger partial charge in [0.15, 0.2) is 0 Å². The molecule has 0 fully saturated rings. The number of nitrogens with one attached hydrogen (secondary N) is 3. The highest BCUT2D eigenvalue weighted by Crippen LogP contribution is 2.03. The van der Waals surface area contributed by atoms with E-state index in [4.69, 9.17) is 21.1 Å². The van der Waals surface area contributed by atoms with Crippen molar-refractivity contribution in [3.8, 4) is 0 Å². The van der Waals surface area contributed by atoms with E-state index in [-0.39, 0.29) is 12.8 Å². The van der Waals surface area contributed by atoms with Crippen molar-refractivity contribution in [3.05, 3.63) is 0 Å². The Kier molecular flexibility index (Phi) is 12.8. The molecule has 0 aromatic heterocycles. The summed E-state index contributed by atoms with van der Waals surface area (Å²) in [5.74, 6) is -6.26. The summed E-state index contributed by atoms with van der Waals surface area (Å²) < 4.78 is 0. The molecule has 0 aliphatic heterocycles. The Morgan fingerprint density at radius 1 is 0.833 bits per heavy atom. The van der Waals surface area contributed by atoms with Crippen LogP contribution in [0.4, 0.5) is 0 Å². The fourth-order valence-corrected chi connectivity index (χ4v) is 2.62. The lowest BCUT2D eigenvalue weighted by Gasteiger charge is -2.23. The molecule has 0 rings (SSSR count). The molecule has 0 aliphatic rings. The lowest BCUT2D eigenvalue weighted by atomic mass is 10.1. The summed E-state index contributed by atoms with van der Waals surface area (Å²) in [6, 6.07) is -4.01. The summed E-state index contributed by atoms with van der Waals surface area (Å²) in [5, 5.41) is 32.8. The van der Waals surface area contributed by atoms with Gasteiger partial charge in [-0.25, -0.2) is 0 Å². The molecule has 3 amide bonds. The number of thioether (sulfide) groups is 1. The maximum absolute atomic E-state index is 12.5. The predicted molar refractivity (Wildman–Crippen MR) is 105 cm³/mol. The normalized spacial score (nSPS) is 13.4. The van der Waals surface area contributed by atoms with Crippen LogP contribution in [0.15, 0.2) is 0 Å². The van der Waals surface area contributed by atoms with Gasteiger partial charge in [0, 0.05) is 6.42 Å². The first-order chi connectivity index (χ1) is 14.0. The van der Waals surface area contributed by atoms with Crippen LogP contribution in [0.25, 0.3) is 0 Å². The molecule has 0 bridgehead atoms. The smallest absolute Gasteiger partial charge is 0.322 e. The third kappa shape index (κ3) is 11.9. The Labute approximate surface area is 176 Å². The van der Waals surface area contributed by atoms with Crippen molar-refractivity contribution < 1.29 is 44.1 Å². The number of rotatable bonds is 15. The van der Waals surface area contributed by atoms with E-state index < -0.39 is 73.1 Å². The van der Waals surface area contributed by atoms with E-state index in [0.29, 0.717) is 5.75 Å². The Hall–Kier alpha value is -2.87. The highest BCUT2D eigenvalue weighted by Gasteiger charge is 2.30. The van der Waals surface area contributed by atoms with Gasteiger partial charge >= 0.3 is 17.9 Å². The van der Waals surface area contributed by atoms with Crippen LogP contribution in [0, 0.1) is 0 Å². The first-order valence-corrected chi connectivity index (χ1v) is 10.2. The van der Waals surface area contributed by atoms with Gasteiger partial charge in [-0.2, -0.15) is 11.8 Å². The molecule has 3 atom stereocenters. The van der Waals surface area contributed by atoms with Gasteiger partial charge in [-0.15, -0.1) is 0 Å². The zero-order valence-corrected chi connectivity index (χ0v) is 17.1. The van der Waals surface area contributed by atoms with Crippen LogP contribution in [0.2, 0.25) is 0 Å². The third-order valence-electron chi connectivity index (χ3n) is 3.68. The number of hydrogen-bond acceptors (Lipinski definition) is 8. The predicted octanol–water partition coefficient (Wildman–Crippen LogP) is -2.42. The second kappa shape index (κ2) is 14.2. The SMILES string of the molecule is CSCCC(N)C(=O)NC(CC(=O)O)C(=O)NC(CCC(=O)O)C(=O)NCC(=O)O. The van der Waals surface area contributed by atoms with Crippen LogP contribution in [0.3, 0.4) is 0 Å². The molecule has 8 N–H and O–H groups in total. The fourth-order valence-electron chi connectivity index (χ4n) is 2.13. The second-order valence-electron chi connectivity index (χ2n) is 6.15. The molecular weight excluding hydrogens is 424 g/mol. The largest absolute Gasteiger partial charge is 0.481 e. The second-order valence-corrected chi connectivity index (χ2v) is 7.14. The number of hydrogen-bond donors (Lipinski definition) is 7. The number of carbonyl (C=O) groups excluding carboxylic acids is 3. The van der Waals surface area contributed by atoms with E-state index >= 15 is 0 Å². The number of carboxylic acids is 3. The van der Waals surface area contributed by atoms with Gasteiger partial charge < -0.3 is 37.0 Å². The summed E-state index contributed by atoms with van der Waals surface area (Å²) in [4.78, 5) is 69.1. The third-order valence-corrected chi connectivity index (χ3v) is 4.32. The molecule has 0 radical (unpaired) electrons. The first-order valence-electron chi connectivity index (χ1n) is 8.76. The van der Waals surface area contributed by atoms with Crippen molar-refractivity contribution >= 4 is 47.4 Å². The van der Waals surface area contributed by atoms with Crippen LogP contribution in [0.5, 0.6) is 0 Å². The van der Waals surface area contributed by atoms with E-state index in [2.05, 4.69) is 10.6 Å². The van der Waals surface area contributed by atoms with Crippen LogP contribution in [0.1, 0.15) is 25.7 Å². The van der Waals surface area contributed by atoms with Gasteiger partial charge in [0.2, 0.25) is 17.7 Å². The zero-order valence-electron chi connectivity index (χ0n) is 16.3. The Morgan fingerprint density at radius 2 is 1.43 bits per heavy atom. The van der Waals surface area contributed by atoms with Crippen molar-refractivity contribution in [3.63, 3.8) is 0 Å². The van der Waals surface area contributed by atoms with Crippen LogP contribution < -0.4 is 21.7 Å². The molecule has 30 heavy (non-hydrogen) atoms. The molecule has 0 saturated heterocycles. The Balaban J connectivity index is 5.26. The summed E-state index contributed by atoms with van der Waals surface area (Å²) in [7, 11) is 0. The molecule has 14 heteroatoms. The highest BCUT2D eigenvalue weighted by atomic mass is 32.2. The summed E-state index contributed by atoms with van der Waals surface area (Å²) in [6.07, 6.45) is 0.370. The van der Waals surface area contributed by atoms with E-state index in [9.17, 15) is 28.8 Å². The maximum Gasteiger partial charge on any atom is 0.322 e. The molecule has 3 unspecified atom stereocenters. The standard InChI is InChI=1S/C16H26N4O9S/c1-30-5-4-8(17)14(27)20-10(6-12(23)24)16(29)19-9(2-3-11(21)22)15(28)18-7-13(25)26/h8-10H,2-7,17H2,1H3,(H,18,28)(H,19,29)(H,20,27)(H,21,22)(H,23,24)(H,25,26). The molecule has 0 heterocycles. The Bertz CT molecular complexity index is 659. The topological polar surface area (TPSA) is 225 Å². The highest BCUT2D eigenvalue weighted by molar-refractivity contribution is 7.98.